The van der Waals surface area contributed by atoms with Crippen LogP contribution in [0.15, 0.2) is 41.5 Å². The Kier molecular flexibility index (Phi) is 6.31. The van der Waals surface area contributed by atoms with Crippen LogP contribution in [-0.4, -0.2) is 58.0 Å². The summed E-state index contributed by atoms with van der Waals surface area (Å²) in [5.41, 5.74) is 5.52. The van der Waals surface area contributed by atoms with Gasteiger partial charge in [0, 0.05) is 19.7 Å². The van der Waals surface area contributed by atoms with Crippen molar-refractivity contribution < 1.29 is 23.0 Å². The quantitative estimate of drug-likeness (QED) is 0.640. The number of fused-ring (bicyclic) bond motifs is 1. The van der Waals surface area contributed by atoms with Crippen LogP contribution in [-0.2, 0) is 10.3 Å². The third-order valence-electron chi connectivity index (χ3n) is 5.94. The average Bonchev–Trinajstić information content (AvgIpc) is 2.82. The van der Waals surface area contributed by atoms with Crippen molar-refractivity contribution in [2.75, 3.05) is 27.3 Å². The number of nitrogens with two attached hydrogens (primary N) is 1. The summed E-state index contributed by atoms with van der Waals surface area (Å²) in [5, 5.41) is 0.119. The van der Waals surface area contributed by atoms with Gasteiger partial charge in [0.2, 0.25) is 5.91 Å². The summed E-state index contributed by atoms with van der Waals surface area (Å²) in [6.07, 6.45) is 2.51. The molecule has 3 heterocycles. The molecule has 0 fully saturated rings. The van der Waals surface area contributed by atoms with E-state index >= 15 is 8.78 Å². The molecule has 2 atom stereocenters. The number of hydrogen-bond donors (Lipinski definition) is 1. The normalized spacial score (nSPS) is 24.1. The predicted molar refractivity (Wildman–Crippen MR) is 131 cm³/mol. The molecule has 0 bridgehead atoms. The van der Waals surface area contributed by atoms with E-state index in [9.17, 15) is 4.79 Å². The Labute approximate surface area is 205 Å². The second kappa shape index (κ2) is 8.95. The molecule has 0 aliphatic carbocycles. The summed E-state index contributed by atoms with van der Waals surface area (Å²) in [6, 6.07) is 4.07. The van der Waals surface area contributed by atoms with Gasteiger partial charge in [-0.15, -0.1) is 0 Å². The molecule has 0 radical (unpaired) electrons. The standard InChI is InChI=1S/C24H25F2N5O3S/c1-13-23(2,30-22(27)35-24(13,3)21(32)31(4)5)15-10-14(6-7-16(15)25)11-17(26)19-28-12-18-20(29-19)34-9-8-33-18/h6-7,10-12H,1,8-9H2,2-5H3,(H2,27,30)/b17-11-/t23-,24-/m0/s1. The molecule has 2 aromatic rings. The number of nitrogens with zero attached hydrogens (tertiary/aromatic N) is 4. The summed E-state index contributed by atoms with van der Waals surface area (Å²) in [6.45, 7) is 8.10. The van der Waals surface area contributed by atoms with Crippen molar-refractivity contribution in [3.63, 3.8) is 0 Å². The van der Waals surface area contributed by atoms with E-state index in [0.29, 0.717) is 30.1 Å². The molecule has 2 aliphatic rings. The number of ether oxygens (including phenoxy) is 2. The largest absolute Gasteiger partial charge is 0.483 e. The molecule has 0 spiro atoms. The first kappa shape index (κ1) is 24.6. The Hall–Kier alpha value is -3.47. The van der Waals surface area contributed by atoms with Gasteiger partial charge in [-0.1, -0.05) is 24.4 Å². The summed E-state index contributed by atoms with van der Waals surface area (Å²) in [4.78, 5) is 26.9. The van der Waals surface area contributed by atoms with E-state index in [0.717, 1.165) is 11.8 Å². The van der Waals surface area contributed by atoms with E-state index in [2.05, 4.69) is 21.5 Å². The highest BCUT2D eigenvalue weighted by atomic mass is 32.2. The predicted octanol–water partition coefficient (Wildman–Crippen LogP) is 3.53. The highest BCUT2D eigenvalue weighted by Crippen LogP contribution is 2.50. The maximum absolute atomic E-state index is 15.1. The van der Waals surface area contributed by atoms with Gasteiger partial charge in [-0.2, -0.15) is 4.98 Å². The molecular formula is C24H25F2N5O3S. The van der Waals surface area contributed by atoms with E-state index in [-0.39, 0.29) is 28.3 Å². The molecule has 35 heavy (non-hydrogen) atoms. The molecule has 0 saturated heterocycles. The van der Waals surface area contributed by atoms with E-state index < -0.39 is 21.9 Å². The first-order valence-corrected chi connectivity index (χ1v) is 11.5. The fourth-order valence-corrected chi connectivity index (χ4v) is 5.29. The molecule has 1 amide bonds. The van der Waals surface area contributed by atoms with E-state index in [1.165, 1.54) is 35.4 Å². The lowest BCUT2D eigenvalue weighted by molar-refractivity contribution is -0.130. The minimum atomic E-state index is -1.37. The van der Waals surface area contributed by atoms with Crippen molar-refractivity contribution in [3.05, 3.63) is 59.3 Å². The lowest BCUT2D eigenvalue weighted by atomic mass is 9.77. The summed E-state index contributed by atoms with van der Waals surface area (Å²) in [5.74, 6) is -1.30. The van der Waals surface area contributed by atoms with Crippen molar-refractivity contribution in [1.82, 2.24) is 14.9 Å². The smallest absolute Gasteiger partial charge is 0.260 e. The highest BCUT2D eigenvalue weighted by Gasteiger charge is 2.51. The molecule has 184 valence electrons. The molecule has 4 rings (SSSR count). The Bertz CT molecular complexity index is 1280. The van der Waals surface area contributed by atoms with Crippen molar-refractivity contribution in [2.45, 2.75) is 24.1 Å². The van der Waals surface area contributed by atoms with Gasteiger partial charge in [0.05, 0.1) is 6.20 Å². The van der Waals surface area contributed by atoms with Gasteiger partial charge >= 0.3 is 0 Å². The van der Waals surface area contributed by atoms with E-state index in [4.69, 9.17) is 15.2 Å². The zero-order chi connectivity index (χ0) is 25.5. The Morgan fingerprint density at radius 2 is 2.00 bits per heavy atom. The molecule has 11 heteroatoms. The van der Waals surface area contributed by atoms with Crippen LogP contribution in [0.1, 0.15) is 30.8 Å². The topological polar surface area (TPSA) is 103 Å². The number of carbonyl (C=O) groups is 1. The van der Waals surface area contributed by atoms with Crippen molar-refractivity contribution >= 4 is 34.7 Å². The number of amidine groups is 1. The SMILES string of the molecule is C=C1[C@@](C)(C(=O)N(C)C)SC(N)=N[C@]1(C)c1cc(/C=C(\F)c2ncc3c(n2)OCCO3)ccc1F. The highest BCUT2D eigenvalue weighted by molar-refractivity contribution is 8.15. The maximum Gasteiger partial charge on any atom is 0.260 e. The second-order valence-corrected chi connectivity index (χ2v) is 10.1. The van der Waals surface area contributed by atoms with Crippen LogP contribution in [0.2, 0.25) is 0 Å². The molecule has 1 aromatic carbocycles. The maximum atomic E-state index is 15.1. The lowest BCUT2D eigenvalue weighted by Gasteiger charge is -2.43. The van der Waals surface area contributed by atoms with Crippen LogP contribution in [0.4, 0.5) is 8.78 Å². The number of thioether (sulfide) groups is 1. The van der Waals surface area contributed by atoms with Crippen LogP contribution in [0, 0.1) is 5.82 Å². The van der Waals surface area contributed by atoms with Gasteiger partial charge in [-0.3, -0.25) is 4.79 Å². The van der Waals surface area contributed by atoms with Gasteiger partial charge in [0.1, 0.15) is 29.3 Å². The Balaban J connectivity index is 1.74. The van der Waals surface area contributed by atoms with Gasteiger partial charge in [-0.05, 0) is 43.2 Å². The minimum absolute atomic E-state index is 0.105. The summed E-state index contributed by atoms with van der Waals surface area (Å²) in [7, 11) is 3.24. The third kappa shape index (κ3) is 4.36. The lowest BCUT2D eigenvalue weighted by Crippen LogP contribution is -2.51. The molecule has 8 nitrogen and oxygen atoms in total. The fraction of sp³-hybridized carbons (Fsp3) is 0.333. The monoisotopic (exact) mass is 501 g/mol. The summed E-state index contributed by atoms with van der Waals surface area (Å²) >= 11 is 1.06. The average molecular weight is 502 g/mol. The number of rotatable bonds is 4. The number of benzene rings is 1. The molecule has 2 aliphatic heterocycles. The van der Waals surface area contributed by atoms with Crippen molar-refractivity contribution in [3.8, 4) is 11.6 Å². The van der Waals surface area contributed by atoms with Gasteiger partial charge in [0.15, 0.2) is 22.6 Å². The van der Waals surface area contributed by atoms with Crippen molar-refractivity contribution in [1.29, 1.82) is 0 Å². The third-order valence-corrected chi connectivity index (χ3v) is 7.07. The number of amides is 1. The van der Waals surface area contributed by atoms with Gasteiger partial charge in [0.25, 0.3) is 5.88 Å². The molecule has 2 N–H and O–H groups in total. The Morgan fingerprint density at radius 1 is 1.29 bits per heavy atom. The van der Waals surface area contributed by atoms with Gasteiger partial charge in [-0.25, -0.2) is 18.8 Å². The summed E-state index contributed by atoms with van der Waals surface area (Å²) < 4.78 is 39.7. The first-order valence-electron chi connectivity index (χ1n) is 10.7. The van der Waals surface area contributed by atoms with Gasteiger partial charge < -0.3 is 20.1 Å². The van der Waals surface area contributed by atoms with Crippen LogP contribution in [0.3, 0.4) is 0 Å². The molecule has 0 unspecified atom stereocenters. The number of aliphatic imine (C=N–C) groups is 1. The molecule has 0 saturated carbocycles. The zero-order valence-electron chi connectivity index (χ0n) is 19.8. The fourth-order valence-electron chi connectivity index (χ4n) is 4.05. The number of aromatic nitrogens is 2. The van der Waals surface area contributed by atoms with E-state index in [1.54, 1.807) is 27.9 Å². The van der Waals surface area contributed by atoms with Crippen LogP contribution < -0.4 is 15.2 Å². The number of carbonyl (C=O) groups excluding carboxylic acids is 1. The Morgan fingerprint density at radius 3 is 2.71 bits per heavy atom. The first-order chi connectivity index (χ1) is 16.5. The van der Waals surface area contributed by atoms with Crippen LogP contribution in [0.5, 0.6) is 11.6 Å². The number of hydrogen-bond acceptors (Lipinski definition) is 8. The van der Waals surface area contributed by atoms with Crippen LogP contribution in [0.25, 0.3) is 11.9 Å². The van der Waals surface area contributed by atoms with Crippen molar-refractivity contribution in [2.24, 2.45) is 10.7 Å². The van der Waals surface area contributed by atoms with Crippen LogP contribution >= 0.6 is 11.8 Å². The van der Waals surface area contributed by atoms with E-state index in [1.807, 2.05) is 0 Å². The number of halogens is 2. The zero-order valence-corrected chi connectivity index (χ0v) is 20.6. The molecule has 1 aromatic heterocycles. The molecular weight excluding hydrogens is 476 g/mol. The second-order valence-electron chi connectivity index (χ2n) is 8.63. The minimum Gasteiger partial charge on any atom is -0.483 e.